The SMILES string of the molecule is Cc1ccc(Cl)c(OC(C)c2nnc(SCc3csc(-c4ccc5c(c4)OCO5)n3)n2C)c1. The summed E-state index contributed by atoms with van der Waals surface area (Å²) in [6.45, 7) is 4.20. The van der Waals surface area contributed by atoms with Gasteiger partial charge in [-0.15, -0.1) is 21.5 Å². The number of fused-ring (bicyclic) bond motifs is 1. The van der Waals surface area contributed by atoms with E-state index in [-0.39, 0.29) is 12.9 Å². The molecule has 0 fully saturated rings. The Labute approximate surface area is 204 Å². The predicted octanol–water partition coefficient (Wildman–Crippen LogP) is 6.06. The molecule has 1 atom stereocenters. The average Bonchev–Trinajstić information content (AvgIpc) is 3.54. The quantitative estimate of drug-likeness (QED) is 0.285. The van der Waals surface area contributed by atoms with Gasteiger partial charge in [-0.1, -0.05) is 29.4 Å². The topological polar surface area (TPSA) is 71.3 Å². The molecule has 0 saturated heterocycles. The van der Waals surface area contributed by atoms with E-state index in [4.69, 9.17) is 30.8 Å². The van der Waals surface area contributed by atoms with Gasteiger partial charge >= 0.3 is 0 Å². The van der Waals surface area contributed by atoms with Gasteiger partial charge in [0.05, 0.1) is 10.7 Å². The summed E-state index contributed by atoms with van der Waals surface area (Å²) in [6, 6.07) is 11.6. The van der Waals surface area contributed by atoms with Crippen LogP contribution in [0.5, 0.6) is 17.2 Å². The summed E-state index contributed by atoms with van der Waals surface area (Å²) >= 11 is 9.46. The first-order valence-electron chi connectivity index (χ1n) is 10.3. The van der Waals surface area contributed by atoms with Gasteiger partial charge in [0.1, 0.15) is 10.8 Å². The standard InChI is InChI=1S/C23H21ClN4O3S2/c1-13-4-6-17(24)19(8-13)31-14(2)21-26-27-23(28(21)3)33-11-16-10-32-22(25-16)15-5-7-18-20(9-15)30-12-29-18/h4-10,14H,11-12H2,1-3H3. The molecular formula is C23H21ClN4O3S2. The number of aromatic nitrogens is 4. The van der Waals surface area contributed by atoms with Gasteiger partial charge < -0.3 is 18.8 Å². The van der Waals surface area contributed by atoms with Crippen molar-refractivity contribution < 1.29 is 14.2 Å². The van der Waals surface area contributed by atoms with Crippen LogP contribution in [0.1, 0.15) is 30.1 Å². The number of thiazole rings is 1. The molecule has 2 aromatic carbocycles. The Bertz CT molecular complexity index is 1310. The summed E-state index contributed by atoms with van der Waals surface area (Å²) in [4.78, 5) is 4.77. The van der Waals surface area contributed by atoms with Crippen LogP contribution in [0.2, 0.25) is 5.02 Å². The molecule has 4 aromatic rings. The molecule has 0 N–H and O–H groups in total. The molecule has 5 rings (SSSR count). The monoisotopic (exact) mass is 500 g/mol. The highest BCUT2D eigenvalue weighted by molar-refractivity contribution is 7.98. The molecule has 1 unspecified atom stereocenters. The molecule has 1 aliphatic heterocycles. The molecule has 1 aliphatic rings. The first-order valence-corrected chi connectivity index (χ1v) is 12.5. The number of rotatable bonds is 7. The van der Waals surface area contributed by atoms with Crippen LogP contribution in [0.4, 0.5) is 0 Å². The lowest BCUT2D eigenvalue weighted by Crippen LogP contribution is -2.10. The van der Waals surface area contributed by atoms with Crippen molar-refractivity contribution in [2.75, 3.05) is 6.79 Å². The van der Waals surface area contributed by atoms with Crippen molar-refractivity contribution in [2.24, 2.45) is 7.05 Å². The summed E-state index contributed by atoms with van der Waals surface area (Å²) in [5.41, 5.74) is 3.08. The summed E-state index contributed by atoms with van der Waals surface area (Å²) in [6.07, 6.45) is -0.298. The Balaban J connectivity index is 1.24. The number of benzene rings is 2. The van der Waals surface area contributed by atoms with E-state index in [1.807, 2.05) is 61.9 Å². The van der Waals surface area contributed by atoms with Gasteiger partial charge in [0.2, 0.25) is 6.79 Å². The number of halogens is 1. The summed E-state index contributed by atoms with van der Waals surface area (Å²) in [5.74, 6) is 3.58. The van der Waals surface area contributed by atoms with Crippen molar-refractivity contribution in [1.82, 2.24) is 19.7 Å². The van der Waals surface area contributed by atoms with Crippen LogP contribution in [0.3, 0.4) is 0 Å². The van der Waals surface area contributed by atoms with Gasteiger partial charge in [-0.3, -0.25) is 0 Å². The number of hydrogen-bond donors (Lipinski definition) is 0. The minimum atomic E-state index is -0.298. The first kappa shape index (κ1) is 22.1. The maximum absolute atomic E-state index is 6.27. The van der Waals surface area contributed by atoms with Crippen LogP contribution in [0, 0.1) is 6.92 Å². The van der Waals surface area contributed by atoms with Crippen LogP contribution >= 0.6 is 34.7 Å². The zero-order valence-electron chi connectivity index (χ0n) is 18.2. The van der Waals surface area contributed by atoms with E-state index >= 15 is 0 Å². The predicted molar refractivity (Wildman–Crippen MR) is 129 cm³/mol. The Morgan fingerprint density at radius 1 is 1.18 bits per heavy atom. The molecule has 0 amide bonds. The summed E-state index contributed by atoms with van der Waals surface area (Å²) in [5, 5.41) is 13.1. The molecule has 0 radical (unpaired) electrons. The number of aryl methyl sites for hydroxylation is 1. The second kappa shape index (κ2) is 9.24. The van der Waals surface area contributed by atoms with Crippen LogP contribution in [-0.2, 0) is 12.8 Å². The number of ether oxygens (including phenoxy) is 3. The van der Waals surface area contributed by atoms with Crippen LogP contribution in [0.25, 0.3) is 10.6 Å². The third-order valence-corrected chi connectivity index (χ3v) is 7.45. The Morgan fingerprint density at radius 2 is 2.03 bits per heavy atom. The molecule has 33 heavy (non-hydrogen) atoms. The van der Waals surface area contributed by atoms with Crippen molar-refractivity contribution in [2.45, 2.75) is 30.9 Å². The number of thioether (sulfide) groups is 1. The Kier molecular flexibility index (Phi) is 6.18. The molecule has 2 aromatic heterocycles. The fourth-order valence-electron chi connectivity index (χ4n) is 3.42. The molecule has 10 heteroatoms. The molecule has 0 aliphatic carbocycles. The van der Waals surface area contributed by atoms with E-state index in [2.05, 4.69) is 15.6 Å². The second-order valence-corrected chi connectivity index (χ2v) is 9.80. The minimum Gasteiger partial charge on any atom is -0.481 e. The molecular weight excluding hydrogens is 480 g/mol. The Morgan fingerprint density at radius 3 is 2.91 bits per heavy atom. The zero-order valence-corrected chi connectivity index (χ0v) is 20.6. The largest absolute Gasteiger partial charge is 0.481 e. The van der Waals surface area contributed by atoms with Crippen molar-refractivity contribution in [3.05, 3.63) is 63.9 Å². The fourth-order valence-corrected chi connectivity index (χ4v) is 5.32. The molecule has 170 valence electrons. The van der Waals surface area contributed by atoms with Gasteiger partial charge in [-0.25, -0.2) is 4.98 Å². The molecule has 0 bridgehead atoms. The van der Waals surface area contributed by atoms with E-state index in [1.165, 1.54) is 0 Å². The summed E-state index contributed by atoms with van der Waals surface area (Å²) < 4.78 is 18.9. The van der Waals surface area contributed by atoms with Crippen molar-refractivity contribution in [3.63, 3.8) is 0 Å². The van der Waals surface area contributed by atoms with Crippen molar-refractivity contribution in [1.29, 1.82) is 0 Å². The highest BCUT2D eigenvalue weighted by Crippen LogP contribution is 2.37. The zero-order chi connectivity index (χ0) is 22.9. The average molecular weight is 501 g/mol. The molecule has 3 heterocycles. The third kappa shape index (κ3) is 4.66. The normalized spacial score (nSPS) is 13.3. The maximum Gasteiger partial charge on any atom is 0.231 e. The highest BCUT2D eigenvalue weighted by Gasteiger charge is 2.19. The fraction of sp³-hybridized carbons (Fsp3) is 0.261. The van der Waals surface area contributed by atoms with Gasteiger partial charge in [-0.2, -0.15) is 0 Å². The molecule has 0 saturated carbocycles. The van der Waals surface area contributed by atoms with Crippen molar-refractivity contribution in [3.8, 4) is 27.8 Å². The smallest absolute Gasteiger partial charge is 0.231 e. The lowest BCUT2D eigenvalue weighted by molar-refractivity contribution is 0.174. The van der Waals surface area contributed by atoms with E-state index in [9.17, 15) is 0 Å². The van der Waals surface area contributed by atoms with Crippen LogP contribution in [0.15, 0.2) is 46.9 Å². The van der Waals surface area contributed by atoms with Gasteiger partial charge in [0.25, 0.3) is 0 Å². The second-order valence-electron chi connectivity index (χ2n) is 7.59. The Hall–Kier alpha value is -2.75. The maximum atomic E-state index is 6.27. The lowest BCUT2D eigenvalue weighted by Gasteiger charge is -2.15. The minimum absolute atomic E-state index is 0.264. The highest BCUT2D eigenvalue weighted by atomic mass is 35.5. The molecule has 7 nitrogen and oxygen atoms in total. The van der Waals surface area contributed by atoms with Crippen molar-refractivity contribution >= 4 is 34.7 Å². The molecule has 0 spiro atoms. The van der Waals surface area contributed by atoms with E-state index in [1.54, 1.807) is 23.1 Å². The van der Waals surface area contributed by atoms with E-state index in [0.29, 0.717) is 16.5 Å². The number of nitrogens with zero attached hydrogens (tertiary/aromatic N) is 4. The lowest BCUT2D eigenvalue weighted by atomic mass is 10.2. The van der Waals surface area contributed by atoms with Gasteiger partial charge in [0.15, 0.2) is 28.6 Å². The third-order valence-electron chi connectivity index (χ3n) is 5.14. The van der Waals surface area contributed by atoms with Gasteiger partial charge in [0, 0.05) is 23.7 Å². The van der Waals surface area contributed by atoms with E-state index < -0.39 is 0 Å². The first-order chi connectivity index (χ1) is 16.0. The van der Waals surface area contributed by atoms with Crippen LogP contribution < -0.4 is 14.2 Å². The number of hydrogen-bond acceptors (Lipinski definition) is 8. The summed E-state index contributed by atoms with van der Waals surface area (Å²) in [7, 11) is 1.94. The van der Waals surface area contributed by atoms with Crippen LogP contribution in [-0.4, -0.2) is 26.5 Å². The van der Waals surface area contributed by atoms with E-state index in [0.717, 1.165) is 44.3 Å². The van der Waals surface area contributed by atoms with Gasteiger partial charge in [-0.05, 0) is 49.7 Å².